The van der Waals surface area contributed by atoms with Crippen LogP contribution >= 0.6 is 11.6 Å². The van der Waals surface area contributed by atoms with E-state index in [1.165, 1.54) is 30.5 Å². The average molecular weight is 455 g/mol. The normalized spacial score (nSPS) is 22.8. The van der Waals surface area contributed by atoms with Gasteiger partial charge in [0.1, 0.15) is 16.9 Å². The third kappa shape index (κ3) is 4.19. The number of benzene rings is 1. The molecule has 3 aromatic rings. The van der Waals surface area contributed by atoms with Gasteiger partial charge in [0.05, 0.1) is 11.2 Å². The standard InChI is InChI=1S/C24H27ClN4O3/c1-24(2,3)32-23(30)29-19-6-4-16(12-17(19)13-21(29)25)18-5-7-22(27-26-18)31-20-14-28-10-8-15(20)9-11-28/h4-7,12-13,15,20H,8-11,14H2,1-3H3/t20-/m0/s1. The first kappa shape index (κ1) is 21.2. The molecular weight excluding hydrogens is 428 g/mol. The SMILES string of the molecule is CC(C)(C)OC(=O)n1c(Cl)cc2cc(-c3ccc(O[C@H]4CN5CCC4CC5)nn3)ccc21. The summed E-state index contributed by atoms with van der Waals surface area (Å²) in [5.74, 6) is 1.18. The largest absolute Gasteiger partial charge is 0.472 e. The van der Waals surface area contributed by atoms with Gasteiger partial charge in [-0.3, -0.25) is 4.90 Å². The molecular formula is C24H27ClN4O3. The van der Waals surface area contributed by atoms with E-state index in [0.29, 0.717) is 22.5 Å². The molecule has 3 aliphatic heterocycles. The van der Waals surface area contributed by atoms with Crippen LogP contribution in [0.15, 0.2) is 36.4 Å². The summed E-state index contributed by atoms with van der Waals surface area (Å²) in [6, 6.07) is 11.2. The van der Waals surface area contributed by atoms with Gasteiger partial charge in [-0.1, -0.05) is 17.7 Å². The molecule has 1 aromatic carbocycles. The molecule has 3 fully saturated rings. The van der Waals surface area contributed by atoms with Gasteiger partial charge in [0.15, 0.2) is 0 Å². The number of aromatic nitrogens is 3. The number of ether oxygens (including phenoxy) is 2. The molecule has 2 aromatic heterocycles. The molecule has 0 amide bonds. The van der Waals surface area contributed by atoms with Crippen molar-refractivity contribution in [2.24, 2.45) is 5.92 Å². The molecule has 0 spiro atoms. The highest BCUT2D eigenvalue weighted by molar-refractivity contribution is 6.32. The van der Waals surface area contributed by atoms with Crippen LogP contribution in [0, 0.1) is 5.92 Å². The van der Waals surface area contributed by atoms with Gasteiger partial charge in [0.25, 0.3) is 0 Å². The summed E-state index contributed by atoms with van der Waals surface area (Å²) in [6.45, 7) is 8.80. The Kier molecular flexibility index (Phi) is 5.34. The van der Waals surface area contributed by atoms with Crippen LogP contribution in [0.5, 0.6) is 5.88 Å². The fraction of sp³-hybridized carbons (Fsp3) is 0.458. The van der Waals surface area contributed by atoms with Crippen LogP contribution in [0.4, 0.5) is 4.79 Å². The molecule has 0 N–H and O–H groups in total. The van der Waals surface area contributed by atoms with Gasteiger partial charge in [0, 0.05) is 23.6 Å². The summed E-state index contributed by atoms with van der Waals surface area (Å²) < 4.78 is 13.0. The molecule has 3 saturated heterocycles. The minimum atomic E-state index is -0.606. The van der Waals surface area contributed by atoms with Crippen LogP contribution in [0.1, 0.15) is 33.6 Å². The number of hydrogen-bond donors (Lipinski definition) is 0. The average Bonchev–Trinajstić information content (AvgIpc) is 3.09. The molecule has 168 valence electrons. The van der Waals surface area contributed by atoms with Crippen LogP contribution in [-0.2, 0) is 4.74 Å². The minimum Gasteiger partial charge on any atom is -0.472 e. The van der Waals surface area contributed by atoms with Gasteiger partial charge in [0.2, 0.25) is 5.88 Å². The van der Waals surface area contributed by atoms with Gasteiger partial charge < -0.3 is 9.47 Å². The van der Waals surface area contributed by atoms with Crippen LogP contribution in [0.3, 0.4) is 0 Å². The summed E-state index contributed by atoms with van der Waals surface area (Å²) in [5, 5.41) is 9.82. The molecule has 0 radical (unpaired) electrons. The van der Waals surface area contributed by atoms with Crippen molar-refractivity contribution in [2.75, 3.05) is 19.6 Å². The number of hydrogen-bond acceptors (Lipinski definition) is 6. The highest BCUT2D eigenvalue weighted by Gasteiger charge is 2.35. The van der Waals surface area contributed by atoms with E-state index in [1.54, 1.807) is 6.07 Å². The van der Waals surface area contributed by atoms with E-state index < -0.39 is 11.7 Å². The van der Waals surface area contributed by atoms with Crippen molar-refractivity contribution < 1.29 is 14.3 Å². The Labute approximate surface area is 192 Å². The molecule has 32 heavy (non-hydrogen) atoms. The second-order valence-electron chi connectivity index (χ2n) is 9.61. The topological polar surface area (TPSA) is 69.5 Å². The van der Waals surface area contributed by atoms with E-state index in [2.05, 4.69) is 15.1 Å². The number of nitrogens with zero attached hydrogens (tertiary/aromatic N) is 4. The van der Waals surface area contributed by atoms with E-state index in [1.807, 2.05) is 51.1 Å². The molecule has 6 rings (SSSR count). The summed E-state index contributed by atoms with van der Waals surface area (Å²) in [6.07, 6.45) is 2.09. The Balaban J connectivity index is 1.35. The van der Waals surface area contributed by atoms with Crippen LogP contribution < -0.4 is 4.74 Å². The lowest BCUT2D eigenvalue weighted by molar-refractivity contribution is -0.0103. The zero-order chi connectivity index (χ0) is 22.5. The zero-order valence-corrected chi connectivity index (χ0v) is 19.3. The van der Waals surface area contributed by atoms with Gasteiger partial charge in [-0.25, -0.2) is 9.36 Å². The first-order valence-electron chi connectivity index (χ1n) is 11.0. The number of carbonyl (C=O) groups excluding carboxylic acids is 1. The predicted molar refractivity (Wildman–Crippen MR) is 123 cm³/mol. The van der Waals surface area contributed by atoms with Crippen LogP contribution in [-0.4, -0.2) is 57.1 Å². The third-order valence-electron chi connectivity index (χ3n) is 6.14. The molecule has 2 bridgehead atoms. The number of halogens is 1. The number of carbonyl (C=O) groups is 1. The van der Waals surface area contributed by atoms with Crippen molar-refractivity contribution in [1.82, 2.24) is 19.7 Å². The lowest BCUT2D eigenvalue weighted by Crippen LogP contribution is -2.52. The second kappa shape index (κ2) is 8.05. The van der Waals surface area contributed by atoms with Gasteiger partial charge in [-0.15, -0.1) is 10.2 Å². The summed E-state index contributed by atoms with van der Waals surface area (Å²) in [4.78, 5) is 15.0. The Morgan fingerprint density at radius 3 is 2.50 bits per heavy atom. The maximum absolute atomic E-state index is 12.6. The fourth-order valence-corrected chi connectivity index (χ4v) is 4.85. The van der Waals surface area contributed by atoms with Crippen LogP contribution in [0.2, 0.25) is 5.15 Å². The van der Waals surface area contributed by atoms with Crippen molar-refractivity contribution in [3.63, 3.8) is 0 Å². The maximum atomic E-state index is 12.6. The lowest BCUT2D eigenvalue weighted by Gasteiger charge is -2.44. The number of rotatable bonds is 3. The third-order valence-corrected chi connectivity index (χ3v) is 6.41. The first-order chi connectivity index (χ1) is 15.3. The monoisotopic (exact) mass is 454 g/mol. The number of piperidine rings is 3. The summed E-state index contributed by atoms with van der Waals surface area (Å²) >= 11 is 6.34. The molecule has 0 aliphatic carbocycles. The molecule has 0 saturated carbocycles. The fourth-order valence-electron chi connectivity index (χ4n) is 4.57. The summed E-state index contributed by atoms with van der Waals surface area (Å²) in [7, 11) is 0. The lowest BCUT2D eigenvalue weighted by atomic mass is 9.86. The van der Waals surface area contributed by atoms with E-state index in [0.717, 1.165) is 23.2 Å². The quantitative estimate of drug-likeness (QED) is 0.554. The van der Waals surface area contributed by atoms with Crippen molar-refractivity contribution in [2.45, 2.75) is 45.3 Å². The Bertz CT molecular complexity index is 1140. The van der Waals surface area contributed by atoms with Gasteiger partial charge >= 0.3 is 6.09 Å². The molecule has 1 atom stereocenters. The van der Waals surface area contributed by atoms with E-state index in [9.17, 15) is 4.79 Å². The highest BCUT2D eigenvalue weighted by Crippen LogP contribution is 2.31. The Hall–Kier alpha value is -2.64. The van der Waals surface area contributed by atoms with Crippen molar-refractivity contribution in [3.8, 4) is 17.1 Å². The number of fused-ring (bicyclic) bond motifs is 4. The molecule has 0 unspecified atom stereocenters. The maximum Gasteiger partial charge on any atom is 0.420 e. The van der Waals surface area contributed by atoms with Gasteiger partial charge in [-0.2, -0.15) is 0 Å². The first-order valence-corrected chi connectivity index (χ1v) is 11.4. The minimum absolute atomic E-state index is 0.198. The summed E-state index contributed by atoms with van der Waals surface area (Å²) in [5.41, 5.74) is 1.69. The molecule has 5 heterocycles. The van der Waals surface area contributed by atoms with Crippen molar-refractivity contribution in [3.05, 3.63) is 41.6 Å². The zero-order valence-electron chi connectivity index (χ0n) is 18.5. The molecule has 3 aliphatic rings. The van der Waals surface area contributed by atoms with E-state index >= 15 is 0 Å². The van der Waals surface area contributed by atoms with Crippen LogP contribution in [0.25, 0.3) is 22.2 Å². The second-order valence-corrected chi connectivity index (χ2v) is 9.99. The molecule has 8 heteroatoms. The highest BCUT2D eigenvalue weighted by atomic mass is 35.5. The molecule has 7 nitrogen and oxygen atoms in total. The van der Waals surface area contributed by atoms with Gasteiger partial charge in [-0.05, 0) is 76.9 Å². The van der Waals surface area contributed by atoms with Crippen molar-refractivity contribution in [1.29, 1.82) is 0 Å². The van der Waals surface area contributed by atoms with E-state index in [4.69, 9.17) is 21.1 Å². The predicted octanol–water partition coefficient (Wildman–Crippen LogP) is 5.01. The van der Waals surface area contributed by atoms with E-state index in [-0.39, 0.29) is 6.10 Å². The smallest absolute Gasteiger partial charge is 0.420 e. The van der Waals surface area contributed by atoms with Crippen molar-refractivity contribution >= 4 is 28.6 Å². The Morgan fingerprint density at radius 1 is 1.09 bits per heavy atom. The Morgan fingerprint density at radius 2 is 1.88 bits per heavy atom.